The van der Waals surface area contributed by atoms with Crippen molar-refractivity contribution in [3.8, 4) is 0 Å². The third-order valence-corrected chi connectivity index (χ3v) is 3.12. The van der Waals surface area contributed by atoms with Crippen LogP contribution in [-0.4, -0.2) is 19.6 Å². The Bertz CT molecular complexity index is 512. The van der Waals surface area contributed by atoms with E-state index in [1.165, 1.54) is 5.69 Å². The zero-order valence-electron chi connectivity index (χ0n) is 11.1. The molecule has 1 unspecified atom stereocenters. The topological polar surface area (TPSA) is 73.7 Å². The average molecular weight is 248 g/mol. The van der Waals surface area contributed by atoms with Crippen molar-refractivity contribution < 1.29 is 0 Å². The number of aromatic nitrogens is 4. The standard InChI is InChI=1S/C12H20N6/c1-4-18-10(7-9(2)16-18)8-11(15-13)12-5-6-14-17(12)3/h5-7,11,15H,4,8,13H2,1-3H3. The van der Waals surface area contributed by atoms with E-state index in [9.17, 15) is 0 Å². The van der Waals surface area contributed by atoms with Gasteiger partial charge in [-0.1, -0.05) is 0 Å². The minimum atomic E-state index is 0.0406. The highest BCUT2D eigenvalue weighted by Gasteiger charge is 2.16. The summed E-state index contributed by atoms with van der Waals surface area (Å²) < 4.78 is 3.85. The normalized spacial score (nSPS) is 12.9. The van der Waals surface area contributed by atoms with Gasteiger partial charge in [-0.3, -0.25) is 20.6 Å². The molecule has 0 radical (unpaired) electrons. The van der Waals surface area contributed by atoms with Gasteiger partial charge in [-0.15, -0.1) is 0 Å². The average Bonchev–Trinajstić information content (AvgIpc) is 2.92. The Kier molecular flexibility index (Phi) is 3.78. The Morgan fingerprint density at radius 3 is 2.83 bits per heavy atom. The smallest absolute Gasteiger partial charge is 0.0684 e. The predicted octanol–water partition coefficient (Wildman–Crippen LogP) is 0.692. The van der Waals surface area contributed by atoms with Gasteiger partial charge in [-0.05, 0) is 26.0 Å². The van der Waals surface area contributed by atoms with Crippen molar-refractivity contribution in [3.05, 3.63) is 35.4 Å². The highest BCUT2D eigenvalue weighted by atomic mass is 15.3. The van der Waals surface area contributed by atoms with Gasteiger partial charge in [-0.2, -0.15) is 10.2 Å². The van der Waals surface area contributed by atoms with Crippen molar-refractivity contribution in [2.45, 2.75) is 32.9 Å². The summed E-state index contributed by atoms with van der Waals surface area (Å²) >= 11 is 0. The summed E-state index contributed by atoms with van der Waals surface area (Å²) in [6, 6.07) is 4.12. The number of aryl methyl sites for hydroxylation is 3. The second kappa shape index (κ2) is 5.32. The molecule has 2 heterocycles. The van der Waals surface area contributed by atoms with Gasteiger partial charge in [0.05, 0.1) is 17.4 Å². The monoisotopic (exact) mass is 248 g/mol. The van der Waals surface area contributed by atoms with E-state index in [2.05, 4.69) is 28.6 Å². The van der Waals surface area contributed by atoms with Crippen LogP contribution in [-0.2, 0) is 20.0 Å². The molecule has 0 bridgehead atoms. The first-order valence-electron chi connectivity index (χ1n) is 6.13. The van der Waals surface area contributed by atoms with Gasteiger partial charge >= 0.3 is 0 Å². The molecule has 0 aliphatic rings. The van der Waals surface area contributed by atoms with E-state index in [0.717, 1.165) is 24.4 Å². The summed E-state index contributed by atoms with van der Waals surface area (Å²) in [5, 5.41) is 8.62. The highest BCUT2D eigenvalue weighted by Crippen LogP contribution is 2.17. The van der Waals surface area contributed by atoms with E-state index < -0.39 is 0 Å². The largest absolute Gasteiger partial charge is 0.271 e. The molecule has 2 aromatic heterocycles. The zero-order chi connectivity index (χ0) is 13.1. The third kappa shape index (κ3) is 2.44. The van der Waals surface area contributed by atoms with Crippen LogP contribution in [0, 0.1) is 6.92 Å². The molecule has 0 aliphatic heterocycles. The lowest BCUT2D eigenvalue weighted by Gasteiger charge is -2.16. The first kappa shape index (κ1) is 12.8. The summed E-state index contributed by atoms with van der Waals surface area (Å²) in [6.07, 6.45) is 2.58. The molecular formula is C12H20N6. The lowest BCUT2D eigenvalue weighted by Crippen LogP contribution is -2.31. The van der Waals surface area contributed by atoms with Gasteiger partial charge in [0.15, 0.2) is 0 Å². The fourth-order valence-corrected chi connectivity index (χ4v) is 2.22. The summed E-state index contributed by atoms with van der Waals surface area (Å²) in [5.41, 5.74) is 6.14. The quantitative estimate of drug-likeness (QED) is 0.603. The molecule has 0 saturated heterocycles. The first-order chi connectivity index (χ1) is 8.65. The summed E-state index contributed by atoms with van der Waals surface area (Å²) in [5.74, 6) is 5.66. The van der Waals surface area contributed by atoms with Gasteiger partial charge in [0.2, 0.25) is 0 Å². The van der Waals surface area contributed by atoms with E-state index >= 15 is 0 Å². The molecule has 0 saturated carbocycles. The van der Waals surface area contributed by atoms with Crippen molar-refractivity contribution in [2.24, 2.45) is 12.9 Å². The Labute approximate surface area is 107 Å². The lowest BCUT2D eigenvalue weighted by molar-refractivity contribution is 0.486. The molecule has 2 rings (SSSR count). The maximum absolute atomic E-state index is 5.66. The molecular weight excluding hydrogens is 228 g/mol. The molecule has 0 amide bonds. The Hall–Kier alpha value is -1.66. The van der Waals surface area contributed by atoms with Crippen LogP contribution >= 0.6 is 0 Å². The molecule has 3 N–H and O–H groups in total. The van der Waals surface area contributed by atoms with Crippen LogP contribution in [0.25, 0.3) is 0 Å². The van der Waals surface area contributed by atoms with E-state index in [1.54, 1.807) is 6.20 Å². The van der Waals surface area contributed by atoms with Crippen LogP contribution in [0.4, 0.5) is 0 Å². The van der Waals surface area contributed by atoms with Crippen molar-refractivity contribution in [3.63, 3.8) is 0 Å². The van der Waals surface area contributed by atoms with Crippen molar-refractivity contribution in [2.75, 3.05) is 0 Å². The predicted molar refractivity (Wildman–Crippen MR) is 69.6 cm³/mol. The minimum Gasteiger partial charge on any atom is -0.271 e. The van der Waals surface area contributed by atoms with Crippen LogP contribution in [0.15, 0.2) is 18.3 Å². The number of nitrogens with two attached hydrogens (primary N) is 1. The Balaban J connectivity index is 2.23. The molecule has 0 aliphatic carbocycles. The fraction of sp³-hybridized carbons (Fsp3) is 0.500. The number of rotatable bonds is 5. The minimum absolute atomic E-state index is 0.0406. The third-order valence-electron chi connectivity index (χ3n) is 3.12. The van der Waals surface area contributed by atoms with E-state index in [0.29, 0.717) is 0 Å². The zero-order valence-corrected chi connectivity index (χ0v) is 11.1. The van der Waals surface area contributed by atoms with E-state index in [-0.39, 0.29) is 6.04 Å². The second-order valence-electron chi connectivity index (χ2n) is 4.40. The number of nitrogens with one attached hydrogen (secondary N) is 1. The summed E-state index contributed by atoms with van der Waals surface area (Å²) in [6.45, 7) is 4.96. The molecule has 6 nitrogen and oxygen atoms in total. The van der Waals surface area contributed by atoms with Crippen molar-refractivity contribution in [1.82, 2.24) is 25.0 Å². The molecule has 0 spiro atoms. The van der Waals surface area contributed by atoms with Gasteiger partial charge in [0.1, 0.15) is 0 Å². The van der Waals surface area contributed by atoms with Crippen LogP contribution < -0.4 is 11.3 Å². The van der Waals surface area contributed by atoms with Crippen LogP contribution in [0.3, 0.4) is 0 Å². The van der Waals surface area contributed by atoms with Gasteiger partial charge in [0.25, 0.3) is 0 Å². The fourth-order valence-electron chi connectivity index (χ4n) is 2.22. The SMILES string of the molecule is CCn1nc(C)cc1CC(NN)c1ccnn1C. The summed E-state index contributed by atoms with van der Waals surface area (Å²) in [7, 11) is 1.92. The maximum atomic E-state index is 5.66. The van der Waals surface area contributed by atoms with Crippen LogP contribution in [0.5, 0.6) is 0 Å². The Morgan fingerprint density at radius 2 is 2.28 bits per heavy atom. The van der Waals surface area contributed by atoms with Crippen LogP contribution in [0.2, 0.25) is 0 Å². The number of hydrogen-bond acceptors (Lipinski definition) is 4. The second-order valence-corrected chi connectivity index (χ2v) is 4.40. The summed E-state index contributed by atoms with van der Waals surface area (Å²) in [4.78, 5) is 0. The highest BCUT2D eigenvalue weighted by molar-refractivity contribution is 5.15. The molecule has 6 heteroatoms. The maximum Gasteiger partial charge on any atom is 0.0684 e. The van der Waals surface area contributed by atoms with E-state index in [4.69, 9.17) is 5.84 Å². The molecule has 98 valence electrons. The molecule has 1 atom stereocenters. The number of hydrogen-bond donors (Lipinski definition) is 2. The first-order valence-corrected chi connectivity index (χ1v) is 6.13. The van der Waals surface area contributed by atoms with Gasteiger partial charge in [0, 0.05) is 31.9 Å². The van der Waals surface area contributed by atoms with E-state index in [1.807, 2.05) is 29.4 Å². The van der Waals surface area contributed by atoms with Crippen molar-refractivity contribution in [1.29, 1.82) is 0 Å². The van der Waals surface area contributed by atoms with Gasteiger partial charge < -0.3 is 0 Å². The number of nitrogens with zero attached hydrogens (tertiary/aromatic N) is 4. The van der Waals surface area contributed by atoms with Gasteiger partial charge in [-0.25, -0.2) is 0 Å². The number of hydrazine groups is 1. The molecule has 2 aromatic rings. The Morgan fingerprint density at radius 1 is 1.50 bits per heavy atom. The van der Waals surface area contributed by atoms with Crippen LogP contribution in [0.1, 0.15) is 30.0 Å². The molecule has 18 heavy (non-hydrogen) atoms. The molecule has 0 fully saturated rings. The molecule has 0 aromatic carbocycles. The lowest BCUT2D eigenvalue weighted by atomic mass is 10.1. The van der Waals surface area contributed by atoms with Crippen molar-refractivity contribution >= 4 is 0 Å².